The first-order valence-electron chi connectivity index (χ1n) is 23.1. The molecular weight excluding hydrogens is 753 g/mol. The highest BCUT2D eigenvalue weighted by Crippen LogP contribution is 2.30. The van der Waals surface area contributed by atoms with Gasteiger partial charge in [-0.05, 0) is 77.6 Å². The molecule has 1 aliphatic carbocycles. The molecule has 1 saturated carbocycles. The summed E-state index contributed by atoms with van der Waals surface area (Å²) < 4.78 is 24.8. The van der Waals surface area contributed by atoms with Gasteiger partial charge >= 0.3 is 0 Å². The Morgan fingerprint density at radius 3 is 1.48 bits per heavy atom. The van der Waals surface area contributed by atoms with E-state index < -0.39 is 61.0 Å². The van der Waals surface area contributed by atoms with E-state index in [1.807, 2.05) is 0 Å². The Hall–Kier alpha value is -3.00. The molecule has 10 nitrogen and oxygen atoms in total. The van der Waals surface area contributed by atoms with E-state index in [1.165, 1.54) is 84.0 Å². The van der Waals surface area contributed by atoms with Crippen LogP contribution in [0.3, 0.4) is 0 Å². The van der Waals surface area contributed by atoms with Crippen LogP contribution in [0.4, 0.5) is 0 Å². The van der Waals surface area contributed by atoms with Crippen LogP contribution < -0.4 is 22.9 Å². The molecule has 4 aromatic carbocycles. The second kappa shape index (κ2) is 24.6. The Morgan fingerprint density at radius 2 is 0.967 bits per heavy atom. The van der Waals surface area contributed by atoms with Crippen LogP contribution in [0, 0.1) is 0 Å². The zero-order valence-electron chi connectivity index (χ0n) is 35.8. The average molecular weight is 827 g/mol. The van der Waals surface area contributed by atoms with Gasteiger partial charge in [-0.15, -0.1) is 0 Å². The van der Waals surface area contributed by atoms with Gasteiger partial charge in [0.05, 0.1) is 6.04 Å². The fraction of sp³-hybridized carbons (Fsp3) is 0.600. The zero-order valence-corrected chi connectivity index (χ0v) is 35.8. The molecule has 6 rings (SSSR count). The van der Waals surface area contributed by atoms with E-state index in [9.17, 15) is 10.2 Å². The van der Waals surface area contributed by atoms with E-state index in [1.54, 1.807) is 0 Å². The standard InChI is InChI=1S/C50H74N4O6/c51-34-43-45(55)49(58-30-18-10-6-2-4-8-12-20-36-26-28-38-22-14-16-24-40(38)32-36)44(54)50(59-43)60-48-42(53)33-41(52)47(46(48)56)57-29-17-9-5-1-3-7-11-19-35-25-27-37-21-13-15-23-39(37)31-35/h13-16,21-28,31-32,41-50,55-56H,1-12,17-20,29-30,33-34,51-54H2/t41-,42+,43-,44-,45-,46-,47+,48-,49-,50-/m1/s1. The molecule has 330 valence electrons. The number of hydrogen-bond acceptors (Lipinski definition) is 10. The number of rotatable bonds is 25. The molecule has 1 aliphatic heterocycles. The van der Waals surface area contributed by atoms with E-state index in [0.717, 1.165) is 51.4 Å². The molecule has 0 radical (unpaired) electrons. The summed E-state index contributed by atoms with van der Waals surface area (Å²) in [7, 11) is 0. The summed E-state index contributed by atoms with van der Waals surface area (Å²) in [5, 5.41) is 27.7. The maximum Gasteiger partial charge on any atom is 0.176 e. The van der Waals surface area contributed by atoms with Crippen LogP contribution in [0.1, 0.15) is 107 Å². The second-order valence-corrected chi connectivity index (χ2v) is 17.5. The van der Waals surface area contributed by atoms with E-state index >= 15 is 0 Å². The minimum atomic E-state index is -1.07. The third-order valence-electron chi connectivity index (χ3n) is 12.8. The number of aliphatic hydroxyl groups is 2. The first kappa shape index (κ1) is 46.5. The molecule has 10 heteroatoms. The predicted molar refractivity (Wildman–Crippen MR) is 243 cm³/mol. The summed E-state index contributed by atoms with van der Waals surface area (Å²) in [5.74, 6) is 0. The number of fused-ring (bicyclic) bond motifs is 2. The van der Waals surface area contributed by atoms with Crippen molar-refractivity contribution >= 4 is 21.5 Å². The first-order chi connectivity index (χ1) is 29.3. The highest BCUT2D eigenvalue weighted by atomic mass is 16.7. The van der Waals surface area contributed by atoms with Crippen LogP contribution >= 0.6 is 0 Å². The highest BCUT2D eigenvalue weighted by Gasteiger charge is 2.49. The van der Waals surface area contributed by atoms with Crippen LogP contribution in [-0.4, -0.2) is 91.0 Å². The molecule has 1 heterocycles. The molecule has 0 spiro atoms. The third-order valence-corrected chi connectivity index (χ3v) is 12.8. The number of aliphatic hydroxyl groups excluding tert-OH is 2. The van der Waals surface area contributed by atoms with Crippen LogP contribution in [0.2, 0.25) is 0 Å². The summed E-state index contributed by atoms with van der Waals surface area (Å²) in [6.07, 6.45) is 12.5. The number of ether oxygens (including phenoxy) is 4. The van der Waals surface area contributed by atoms with Gasteiger partial charge in [0.25, 0.3) is 0 Å². The lowest BCUT2D eigenvalue weighted by molar-refractivity contribution is -0.294. The van der Waals surface area contributed by atoms with Crippen molar-refractivity contribution in [2.45, 2.75) is 170 Å². The van der Waals surface area contributed by atoms with E-state index in [4.69, 9.17) is 41.9 Å². The monoisotopic (exact) mass is 827 g/mol. The van der Waals surface area contributed by atoms with Gasteiger partial charge < -0.3 is 52.1 Å². The lowest BCUT2D eigenvalue weighted by Gasteiger charge is -2.47. The highest BCUT2D eigenvalue weighted by molar-refractivity contribution is 5.83. The maximum absolute atomic E-state index is 11.5. The minimum Gasteiger partial charge on any atom is -0.388 e. The van der Waals surface area contributed by atoms with Crippen LogP contribution in [0.5, 0.6) is 0 Å². The van der Waals surface area contributed by atoms with Gasteiger partial charge in [0.15, 0.2) is 6.29 Å². The van der Waals surface area contributed by atoms with Crippen LogP contribution in [0.25, 0.3) is 21.5 Å². The second-order valence-electron chi connectivity index (χ2n) is 17.5. The summed E-state index contributed by atoms with van der Waals surface area (Å²) in [4.78, 5) is 0. The molecular formula is C50H74N4O6. The molecule has 0 bridgehead atoms. The molecule has 0 aromatic heterocycles. The van der Waals surface area contributed by atoms with Crippen molar-refractivity contribution in [3.63, 3.8) is 0 Å². The largest absolute Gasteiger partial charge is 0.388 e. The minimum absolute atomic E-state index is 0.0652. The third kappa shape index (κ3) is 13.5. The van der Waals surface area contributed by atoms with Crippen LogP contribution in [0.15, 0.2) is 84.9 Å². The van der Waals surface area contributed by atoms with Crippen molar-refractivity contribution in [2.24, 2.45) is 22.9 Å². The molecule has 4 aromatic rings. The Kier molecular flexibility index (Phi) is 19.1. The van der Waals surface area contributed by atoms with Gasteiger partial charge in [0.2, 0.25) is 0 Å². The zero-order chi connectivity index (χ0) is 42.1. The van der Waals surface area contributed by atoms with Gasteiger partial charge in [0.1, 0.15) is 36.6 Å². The normalized spacial score (nSPS) is 27.2. The van der Waals surface area contributed by atoms with Gasteiger partial charge in [-0.1, -0.05) is 149 Å². The Balaban J connectivity index is 0.837. The van der Waals surface area contributed by atoms with Crippen molar-refractivity contribution in [1.82, 2.24) is 0 Å². The smallest absolute Gasteiger partial charge is 0.176 e. The fourth-order valence-electron chi connectivity index (χ4n) is 9.16. The molecule has 0 amide bonds. The van der Waals surface area contributed by atoms with E-state index in [0.29, 0.717) is 19.6 Å². The van der Waals surface area contributed by atoms with Crippen molar-refractivity contribution < 1.29 is 29.2 Å². The van der Waals surface area contributed by atoms with Crippen molar-refractivity contribution in [3.8, 4) is 0 Å². The average Bonchev–Trinajstić information content (AvgIpc) is 3.26. The molecule has 60 heavy (non-hydrogen) atoms. The molecule has 2 fully saturated rings. The Morgan fingerprint density at radius 1 is 0.517 bits per heavy atom. The predicted octanol–water partition coefficient (Wildman–Crippen LogP) is 7.19. The molecule has 1 saturated heterocycles. The summed E-state index contributed by atoms with van der Waals surface area (Å²) in [6, 6.07) is 28.9. The summed E-state index contributed by atoms with van der Waals surface area (Å²) >= 11 is 0. The maximum atomic E-state index is 11.5. The SMILES string of the molecule is NC[C@H]1O[C@H](O[C@H]2[C@H](O)[C@@H](OCCCCCCCCCc3ccc4ccccc4c3)[C@H](N)C[C@@H]2N)[C@H](N)[C@@H](OCCCCCCCCCc2ccc3ccccc3c2)[C@@H]1O. The number of aryl methyl sites for hydroxylation is 2. The first-order valence-corrected chi connectivity index (χ1v) is 23.1. The number of hydrogen-bond donors (Lipinski definition) is 6. The lowest BCUT2D eigenvalue weighted by atomic mass is 9.84. The van der Waals surface area contributed by atoms with Crippen molar-refractivity contribution in [2.75, 3.05) is 19.8 Å². The number of benzene rings is 4. The van der Waals surface area contributed by atoms with Crippen molar-refractivity contribution in [3.05, 3.63) is 96.1 Å². The number of unbranched alkanes of at least 4 members (excludes halogenated alkanes) is 12. The quantitative estimate of drug-likeness (QED) is 0.0375. The topological polar surface area (TPSA) is 181 Å². The number of nitrogens with two attached hydrogens (primary N) is 4. The van der Waals surface area contributed by atoms with Gasteiger partial charge in [-0.25, -0.2) is 0 Å². The van der Waals surface area contributed by atoms with E-state index in [2.05, 4.69) is 84.9 Å². The molecule has 10 atom stereocenters. The fourth-order valence-corrected chi connectivity index (χ4v) is 9.16. The lowest BCUT2D eigenvalue weighted by Crippen LogP contribution is -2.68. The van der Waals surface area contributed by atoms with Gasteiger partial charge in [0, 0.05) is 31.8 Å². The van der Waals surface area contributed by atoms with E-state index in [-0.39, 0.29) is 6.54 Å². The Bertz CT molecular complexity index is 1830. The van der Waals surface area contributed by atoms with Crippen molar-refractivity contribution in [1.29, 1.82) is 0 Å². The summed E-state index contributed by atoms with van der Waals surface area (Å²) in [5.41, 5.74) is 28.4. The summed E-state index contributed by atoms with van der Waals surface area (Å²) in [6.45, 7) is 1.03. The van der Waals surface area contributed by atoms with Gasteiger partial charge in [-0.2, -0.15) is 0 Å². The molecule has 10 N–H and O–H groups in total. The van der Waals surface area contributed by atoms with Gasteiger partial charge in [-0.3, -0.25) is 0 Å². The molecule has 2 aliphatic rings. The van der Waals surface area contributed by atoms with Crippen LogP contribution in [-0.2, 0) is 31.8 Å². The Labute approximate surface area is 358 Å². The molecule has 0 unspecified atom stereocenters.